The summed E-state index contributed by atoms with van der Waals surface area (Å²) in [5, 5.41) is 3.25. The number of rotatable bonds is 5. The first-order valence-corrected chi connectivity index (χ1v) is 3.98. The Hall–Kier alpha value is -0.520. The van der Waals surface area contributed by atoms with E-state index in [0.29, 0.717) is 12.6 Å². The van der Waals surface area contributed by atoms with E-state index in [4.69, 9.17) is 4.74 Å². The lowest BCUT2D eigenvalue weighted by molar-refractivity contribution is 0.167. The molecule has 0 atom stereocenters. The Labute approximate surface area is 69.3 Å². The van der Waals surface area contributed by atoms with Crippen LogP contribution in [0.2, 0.25) is 0 Å². The van der Waals surface area contributed by atoms with Crippen LogP contribution in [0, 0.1) is 11.8 Å². The molecule has 2 heteroatoms. The zero-order valence-corrected chi connectivity index (χ0v) is 7.61. The minimum absolute atomic E-state index is 0.538. The Morgan fingerprint density at radius 2 is 2.18 bits per heavy atom. The van der Waals surface area contributed by atoms with E-state index in [1.807, 2.05) is 6.92 Å². The summed E-state index contributed by atoms with van der Waals surface area (Å²) in [4.78, 5) is 0. The number of hydrogen-bond donors (Lipinski definition) is 1. The fourth-order valence-electron chi connectivity index (χ4n) is 0.615. The molecule has 1 N–H and O–H groups in total. The van der Waals surface area contributed by atoms with Crippen molar-refractivity contribution >= 4 is 0 Å². The number of nitrogens with one attached hydrogen (secondary N) is 1. The number of hydrogen-bond acceptors (Lipinski definition) is 2. The van der Waals surface area contributed by atoms with Crippen molar-refractivity contribution in [1.82, 2.24) is 5.32 Å². The van der Waals surface area contributed by atoms with Crippen molar-refractivity contribution in [1.29, 1.82) is 0 Å². The second-order valence-electron chi connectivity index (χ2n) is 2.59. The normalized spacial score (nSPS) is 9.45. The quantitative estimate of drug-likeness (QED) is 0.473. The monoisotopic (exact) mass is 155 g/mol. The van der Waals surface area contributed by atoms with Gasteiger partial charge < -0.3 is 10.1 Å². The SMILES string of the molecule is CC#CCOCCNC(C)C. The van der Waals surface area contributed by atoms with Crippen molar-refractivity contribution in [2.75, 3.05) is 19.8 Å². The van der Waals surface area contributed by atoms with Crippen LogP contribution >= 0.6 is 0 Å². The highest BCUT2D eigenvalue weighted by atomic mass is 16.5. The van der Waals surface area contributed by atoms with Crippen LogP contribution in [0.5, 0.6) is 0 Å². The summed E-state index contributed by atoms with van der Waals surface area (Å²) in [6.07, 6.45) is 0. The molecule has 0 aromatic carbocycles. The van der Waals surface area contributed by atoms with E-state index < -0.39 is 0 Å². The fraction of sp³-hybridized carbons (Fsp3) is 0.778. The standard InChI is InChI=1S/C9H17NO/c1-4-5-7-11-8-6-10-9(2)3/h9-10H,6-8H2,1-3H3. The third kappa shape index (κ3) is 9.48. The Kier molecular flexibility index (Phi) is 7.23. The first kappa shape index (κ1) is 10.5. The van der Waals surface area contributed by atoms with E-state index in [1.54, 1.807) is 0 Å². The molecule has 0 heterocycles. The van der Waals surface area contributed by atoms with Crippen LogP contribution in [0.3, 0.4) is 0 Å². The molecule has 0 aliphatic rings. The van der Waals surface area contributed by atoms with Crippen molar-refractivity contribution in [2.45, 2.75) is 26.8 Å². The van der Waals surface area contributed by atoms with E-state index >= 15 is 0 Å². The van der Waals surface area contributed by atoms with Gasteiger partial charge in [-0.2, -0.15) is 0 Å². The van der Waals surface area contributed by atoms with Crippen molar-refractivity contribution in [3.05, 3.63) is 0 Å². The lowest BCUT2D eigenvalue weighted by Gasteiger charge is -2.06. The van der Waals surface area contributed by atoms with Crippen molar-refractivity contribution in [3.63, 3.8) is 0 Å². The molecule has 11 heavy (non-hydrogen) atoms. The summed E-state index contributed by atoms with van der Waals surface area (Å²) in [5.41, 5.74) is 0. The van der Waals surface area contributed by atoms with Crippen molar-refractivity contribution in [3.8, 4) is 11.8 Å². The first-order chi connectivity index (χ1) is 5.27. The van der Waals surface area contributed by atoms with Crippen molar-refractivity contribution < 1.29 is 4.74 Å². The van der Waals surface area contributed by atoms with Gasteiger partial charge in [-0.15, -0.1) is 5.92 Å². The molecule has 0 bridgehead atoms. The first-order valence-electron chi connectivity index (χ1n) is 3.98. The lowest BCUT2D eigenvalue weighted by atomic mass is 10.4. The molecule has 0 spiro atoms. The molecule has 0 fully saturated rings. The fourth-order valence-corrected chi connectivity index (χ4v) is 0.615. The van der Waals surface area contributed by atoms with Crippen LogP contribution < -0.4 is 5.32 Å². The Bertz CT molecular complexity index is 132. The van der Waals surface area contributed by atoms with Crippen LogP contribution in [0.25, 0.3) is 0 Å². The topological polar surface area (TPSA) is 21.3 Å². The van der Waals surface area contributed by atoms with Gasteiger partial charge in [0.2, 0.25) is 0 Å². The molecule has 0 aliphatic heterocycles. The highest BCUT2D eigenvalue weighted by Gasteiger charge is 1.89. The predicted octanol–water partition coefficient (Wildman–Crippen LogP) is 1.02. The molecular formula is C9H17NO. The smallest absolute Gasteiger partial charge is 0.107 e. The van der Waals surface area contributed by atoms with Crippen LogP contribution in [0.1, 0.15) is 20.8 Å². The minimum Gasteiger partial charge on any atom is -0.367 e. The zero-order valence-electron chi connectivity index (χ0n) is 7.61. The molecule has 0 amide bonds. The highest BCUT2D eigenvalue weighted by molar-refractivity contribution is 4.94. The second-order valence-corrected chi connectivity index (χ2v) is 2.59. The summed E-state index contributed by atoms with van der Waals surface area (Å²) in [5.74, 6) is 5.61. The molecule has 0 radical (unpaired) electrons. The summed E-state index contributed by atoms with van der Waals surface area (Å²) >= 11 is 0. The predicted molar refractivity (Wildman–Crippen MR) is 47.4 cm³/mol. The molecule has 0 aromatic rings. The summed E-state index contributed by atoms with van der Waals surface area (Å²) in [6, 6.07) is 0.538. The van der Waals surface area contributed by atoms with Gasteiger partial charge in [-0.25, -0.2) is 0 Å². The Balaban J connectivity index is 2.95. The maximum Gasteiger partial charge on any atom is 0.107 e. The van der Waals surface area contributed by atoms with Crippen LogP contribution in [-0.2, 0) is 4.74 Å². The zero-order chi connectivity index (χ0) is 8.53. The molecule has 2 nitrogen and oxygen atoms in total. The van der Waals surface area contributed by atoms with E-state index in [0.717, 1.165) is 13.2 Å². The Morgan fingerprint density at radius 1 is 1.45 bits per heavy atom. The lowest BCUT2D eigenvalue weighted by Crippen LogP contribution is -2.26. The maximum absolute atomic E-state index is 5.19. The van der Waals surface area contributed by atoms with Gasteiger partial charge in [0.25, 0.3) is 0 Å². The minimum atomic E-state index is 0.538. The van der Waals surface area contributed by atoms with Crippen molar-refractivity contribution in [2.24, 2.45) is 0 Å². The molecular weight excluding hydrogens is 138 g/mol. The molecule has 0 aromatic heterocycles. The van der Waals surface area contributed by atoms with Crippen LogP contribution in [-0.4, -0.2) is 25.8 Å². The van der Waals surface area contributed by atoms with Gasteiger partial charge >= 0.3 is 0 Å². The van der Waals surface area contributed by atoms with Gasteiger partial charge in [-0.05, 0) is 6.92 Å². The van der Waals surface area contributed by atoms with Gasteiger partial charge in [-0.1, -0.05) is 19.8 Å². The van der Waals surface area contributed by atoms with E-state index in [2.05, 4.69) is 31.0 Å². The highest BCUT2D eigenvalue weighted by Crippen LogP contribution is 1.76. The summed E-state index contributed by atoms with van der Waals surface area (Å²) in [6.45, 7) is 8.25. The summed E-state index contributed by atoms with van der Waals surface area (Å²) < 4.78 is 5.19. The van der Waals surface area contributed by atoms with Gasteiger partial charge in [0.1, 0.15) is 6.61 Å². The molecule has 0 saturated carbocycles. The largest absolute Gasteiger partial charge is 0.367 e. The third-order valence-corrected chi connectivity index (χ3v) is 1.15. The molecule has 0 aliphatic carbocycles. The van der Waals surface area contributed by atoms with Crippen LogP contribution in [0.15, 0.2) is 0 Å². The van der Waals surface area contributed by atoms with Crippen LogP contribution in [0.4, 0.5) is 0 Å². The summed E-state index contributed by atoms with van der Waals surface area (Å²) in [7, 11) is 0. The molecule has 0 unspecified atom stereocenters. The average molecular weight is 155 g/mol. The molecule has 0 saturated heterocycles. The van der Waals surface area contributed by atoms with E-state index in [9.17, 15) is 0 Å². The average Bonchev–Trinajstić information content (AvgIpc) is 1.96. The number of ether oxygens (including phenoxy) is 1. The van der Waals surface area contributed by atoms with E-state index in [1.165, 1.54) is 0 Å². The Morgan fingerprint density at radius 3 is 2.73 bits per heavy atom. The molecule has 0 rings (SSSR count). The van der Waals surface area contributed by atoms with E-state index in [-0.39, 0.29) is 0 Å². The maximum atomic E-state index is 5.19. The third-order valence-electron chi connectivity index (χ3n) is 1.15. The van der Waals surface area contributed by atoms with Gasteiger partial charge in [0.15, 0.2) is 0 Å². The van der Waals surface area contributed by atoms with Gasteiger partial charge in [-0.3, -0.25) is 0 Å². The molecule has 64 valence electrons. The second kappa shape index (κ2) is 7.59. The van der Waals surface area contributed by atoms with Gasteiger partial charge in [0.05, 0.1) is 6.61 Å². The van der Waals surface area contributed by atoms with Gasteiger partial charge in [0, 0.05) is 12.6 Å².